The van der Waals surface area contributed by atoms with Crippen LogP contribution in [0.4, 0.5) is 5.69 Å². The van der Waals surface area contributed by atoms with Gasteiger partial charge in [-0.25, -0.2) is 4.98 Å². The van der Waals surface area contributed by atoms with Crippen LogP contribution in [0.2, 0.25) is 0 Å². The molecule has 84 valence electrons. The molecule has 0 spiro atoms. The third kappa shape index (κ3) is 1.76. The van der Waals surface area contributed by atoms with Crippen LogP contribution in [0.15, 0.2) is 24.5 Å². The lowest BCUT2D eigenvalue weighted by Gasteiger charge is -2.11. The molecule has 0 saturated carbocycles. The highest BCUT2D eigenvalue weighted by Gasteiger charge is 2.13. The number of pyridine rings is 1. The first-order valence-electron chi connectivity index (χ1n) is 5.77. The Balaban J connectivity index is 1.86. The van der Waals surface area contributed by atoms with Gasteiger partial charge in [0.15, 0.2) is 0 Å². The molecule has 2 N–H and O–H groups in total. The Morgan fingerprint density at radius 1 is 1.19 bits per heavy atom. The van der Waals surface area contributed by atoms with Gasteiger partial charge < -0.3 is 10.1 Å². The highest BCUT2D eigenvalue weighted by molar-refractivity contribution is 5.48. The Kier molecular flexibility index (Phi) is 2.29. The second kappa shape index (κ2) is 3.79. The Hall–Kier alpha value is -1.55. The van der Waals surface area contributed by atoms with E-state index in [1.165, 1.54) is 25.9 Å². The molecule has 16 heavy (non-hydrogen) atoms. The topological polar surface area (TPSA) is 46.6 Å². The number of nitrogen functional groups attached to an aromatic ring is 1. The Morgan fingerprint density at radius 2 is 2.00 bits per heavy atom. The van der Waals surface area contributed by atoms with E-state index >= 15 is 0 Å². The smallest absolute Gasteiger partial charge is 0.137 e. The van der Waals surface area contributed by atoms with E-state index in [9.17, 15) is 0 Å². The van der Waals surface area contributed by atoms with Crippen LogP contribution in [0.3, 0.4) is 0 Å². The maximum atomic E-state index is 5.74. The first-order chi connectivity index (χ1) is 7.81. The van der Waals surface area contributed by atoms with Gasteiger partial charge in [-0.3, -0.25) is 4.90 Å². The van der Waals surface area contributed by atoms with E-state index in [1.54, 1.807) is 0 Å². The van der Waals surface area contributed by atoms with Crippen molar-refractivity contribution in [1.29, 1.82) is 0 Å². The van der Waals surface area contributed by atoms with Crippen molar-refractivity contribution < 1.29 is 0 Å². The summed E-state index contributed by atoms with van der Waals surface area (Å²) in [5, 5.41) is 0. The van der Waals surface area contributed by atoms with E-state index in [4.69, 9.17) is 5.73 Å². The molecular weight excluding hydrogens is 200 g/mol. The summed E-state index contributed by atoms with van der Waals surface area (Å²) in [5.41, 5.74) is 8.62. The van der Waals surface area contributed by atoms with Crippen molar-refractivity contribution in [1.82, 2.24) is 14.3 Å². The summed E-state index contributed by atoms with van der Waals surface area (Å²) in [4.78, 5) is 7.03. The van der Waals surface area contributed by atoms with Crippen molar-refractivity contribution in [3.63, 3.8) is 0 Å². The SMILES string of the molecule is Nc1ccc2nc(CN3CCCC3)cn2c1. The van der Waals surface area contributed by atoms with Crippen molar-refractivity contribution in [2.24, 2.45) is 0 Å². The van der Waals surface area contributed by atoms with Crippen LogP contribution in [-0.4, -0.2) is 27.4 Å². The second-order valence-corrected chi connectivity index (χ2v) is 4.44. The van der Waals surface area contributed by atoms with Gasteiger partial charge >= 0.3 is 0 Å². The number of aromatic nitrogens is 2. The van der Waals surface area contributed by atoms with Gasteiger partial charge in [0.05, 0.1) is 5.69 Å². The maximum Gasteiger partial charge on any atom is 0.137 e. The molecule has 1 fully saturated rings. The van der Waals surface area contributed by atoms with Gasteiger partial charge in [0, 0.05) is 24.6 Å². The molecule has 4 heteroatoms. The molecule has 0 atom stereocenters. The van der Waals surface area contributed by atoms with Crippen LogP contribution in [-0.2, 0) is 6.54 Å². The molecule has 0 radical (unpaired) electrons. The molecule has 1 aliphatic heterocycles. The number of fused-ring (bicyclic) bond motifs is 1. The predicted octanol–water partition coefficient (Wildman–Crippen LogP) is 1.51. The molecule has 0 bridgehead atoms. The molecule has 0 aromatic carbocycles. The summed E-state index contributed by atoms with van der Waals surface area (Å²) >= 11 is 0. The minimum absolute atomic E-state index is 0.776. The van der Waals surface area contributed by atoms with Crippen molar-refractivity contribution in [2.45, 2.75) is 19.4 Å². The highest BCUT2D eigenvalue weighted by atomic mass is 15.2. The highest BCUT2D eigenvalue weighted by Crippen LogP contribution is 2.14. The lowest BCUT2D eigenvalue weighted by atomic mass is 10.4. The van der Waals surface area contributed by atoms with Gasteiger partial charge in [0.1, 0.15) is 5.65 Å². The third-order valence-electron chi connectivity index (χ3n) is 3.11. The average molecular weight is 216 g/mol. The minimum Gasteiger partial charge on any atom is -0.398 e. The van der Waals surface area contributed by atoms with Gasteiger partial charge in [-0.15, -0.1) is 0 Å². The fourth-order valence-electron chi connectivity index (χ4n) is 2.31. The van der Waals surface area contributed by atoms with Crippen LogP contribution in [0.5, 0.6) is 0 Å². The summed E-state index contributed by atoms with van der Waals surface area (Å²) in [6.45, 7) is 3.37. The van der Waals surface area contributed by atoms with E-state index < -0.39 is 0 Å². The van der Waals surface area contributed by atoms with Crippen LogP contribution in [0, 0.1) is 0 Å². The number of imidazole rings is 1. The monoisotopic (exact) mass is 216 g/mol. The van der Waals surface area contributed by atoms with Crippen molar-refractivity contribution in [3.05, 3.63) is 30.2 Å². The minimum atomic E-state index is 0.776. The molecule has 3 rings (SSSR count). The normalized spacial score (nSPS) is 17.2. The molecule has 4 nitrogen and oxygen atoms in total. The van der Waals surface area contributed by atoms with Crippen LogP contribution < -0.4 is 5.73 Å². The first kappa shape index (κ1) is 9.66. The molecule has 1 aliphatic rings. The van der Waals surface area contributed by atoms with E-state index in [2.05, 4.69) is 16.1 Å². The van der Waals surface area contributed by atoms with Crippen LogP contribution >= 0.6 is 0 Å². The third-order valence-corrected chi connectivity index (χ3v) is 3.11. The van der Waals surface area contributed by atoms with Gasteiger partial charge in [-0.2, -0.15) is 0 Å². The zero-order valence-corrected chi connectivity index (χ0v) is 9.26. The van der Waals surface area contributed by atoms with Crippen molar-refractivity contribution in [3.8, 4) is 0 Å². The van der Waals surface area contributed by atoms with Gasteiger partial charge in [-0.1, -0.05) is 0 Å². The summed E-state index contributed by atoms with van der Waals surface area (Å²) in [6.07, 6.45) is 6.63. The number of hydrogen-bond acceptors (Lipinski definition) is 3. The van der Waals surface area contributed by atoms with E-state index in [0.29, 0.717) is 0 Å². The average Bonchev–Trinajstić information content (AvgIpc) is 2.86. The quantitative estimate of drug-likeness (QED) is 0.827. The van der Waals surface area contributed by atoms with Crippen LogP contribution in [0.25, 0.3) is 5.65 Å². The molecule has 2 aromatic heterocycles. The standard InChI is InChI=1S/C12H16N4/c13-10-3-4-12-14-11(9-16(12)7-10)8-15-5-1-2-6-15/h3-4,7,9H,1-2,5-6,8,13H2. The summed E-state index contributed by atoms with van der Waals surface area (Å²) in [7, 11) is 0. The Morgan fingerprint density at radius 3 is 2.81 bits per heavy atom. The van der Waals surface area contributed by atoms with Crippen molar-refractivity contribution in [2.75, 3.05) is 18.8 Å². The summed E-state index contributed by atoms with van der Waals surface area (Å²) < 4.78 is 2.00. The number of nitrogens with zero attached hydrogens (tertiary/aromatic N) is 3. The number of rotatable bonds is 2. The van der Waals surface area contributed by atoms with E-state index in [0.717, 1.165) is 23.6 Å². The maximum absolute atomic E-state index is 5.74. The molecular formula is C12H16N4. The van der Waals surface area contributed by atoms with Crippen LogP contribution in [0.1, 0.15) is 18.5 Å². The molecule has 2 aromatic rings. The summed E-state index contributed by atoms with van der Waals surface area (Å²) in [5.74, 6) is 0. The van der Waals surface area contributed by atoms with Gasteiger partial charge in [0.2, 0.25) is 0 Å². The summed E-state index contributed by atoms with van der Waals surface area (Å²) in [6, 6.07) is 3.85. The lowest BCUT2D eigenvalue weighted by Crippen LogP contribution is -2.18. The molecule has 0 aliphatic carbocycles. The largest absolute Gasteiger partial charge is 0.398 e. The molecule has 3 heterocycles. The Bertz CT molecular complexity index is 497. The fraction of sp³-hybridized carbons (Fsp3) is 0.417. The Labute approximate surface area is 94.7 Å². The number of anilines is 1. The van der Waals surface area contributed by atoms with Crippen molar-refractivity contribution >= 4 is 11.3 Å². The van der Waals surface area contributed by atoms with E-state index in [-0.39, 0.29) is 0 Å². The zero-order chi connectivity index (χ0) is 11.0. The zero-order valence-electron chi connectivity index (χ0n) is 9.26. The molecule has 1 saturated heterocycles. The molecule has 0 amide bonds. The predicted molar refractivity (Wildman–Crippen MR) is 64.1 cm³/mol. The van der Waals surface area contributed by atoms with Gasteiger partial charge in [0.25, 0.3) is 0 Å². The number of nitrogens with two attached hydrogens (primary N) is 1. The molecule has 0 unspecified atom stereocenters. The van der Waals surface area contributed by atoms with Gasteiger partial charge in [-0.05, 0) is 38.1 Å². The first-order valence-corrected chi connectivity index (χ1v) is 5.77. The second-order valence-electron chi connectivity index (χ2n) is 4.44. The lowest BCUT2D eigenvalue weighted by molar-refractivity contribution is 0.328. The number of likely N-dealkylation sites (tertiary alicyclic amines) is 1. The number of hydrogen-bond donors (Lipinski definition) is 1. The fourth-order valence-corrected chi connectivity index (χ4v) is 2.31. The van der Waals surface area contributed by atoms with E-state index in [1.807, 2.05) is 22.7 Å².